The maximum Gasteiger partial charge on any atom is 0.0726 e. The van der Waals surface area contributed by atoms with E-state index in [0.717, 1.165) is 11.4 Å². The summed E-state index contributed by atoms with van der Waals surface area (Å²) in [5.74, 6) is 0. The second-order valence-corrected chi connectivity index (χ2v) is 21.5. The Morgan fingerprint density at radius 2 is 0.747 bits per heavy atom. The molecule has 0 aromatic heterocycles. The molecule has 3 aliphatic rings. The summed E-state index contributed by atoms with van der Waals surface area (Å²) in [6.45, 7) is 4.85. The van der Waals surface area contributed by atoms with Gasteiger partial charge in [-0.3, -0.25) is 0 Å². The summed E-state index contributed by atoms with van der Waals surface area (Å²) in [4.78, 5) is 2.65. The summed E-state index contributed by atoms with van der Waals surface area (Å²) in [5.41, 5.74) is 23.1. The Bertz CT molecular complexity index is 4490. The lowest BCUT2D eigenvalue weighted by atomic mass is 9.70. The number of fused-ring (bicyclic) bond motifs is 20. The van der Waals surface area contributed by atoms with Crippen LogP contribution in [0.3, 0.4) is 0 Å². The van der Waals surface area contributed by atoms with Crippen molar-refractivity contribution in [2.45, 2.75) is 24.7 Å². The molecular weight excluding hydrogens is 903 g/mol. The van der Waals surface area contributed by atoms with Gasteiger partial charge in [0.1, 0.15) is 0 Å². The van der Waals surface area contributed by atoms with Crippen LogP contribution in [0, 0.1) is 0 Å². The molecule has 0 fully saturated rings. The number of nitrogens with zero attached hydrogens (tertiary/aromatic N) is 1. The largest absolute Gasteiger partial charge is 0.310 e. The van der Waals surface area contributed by atoms with Crippen LogP contribution in [-0.4, -0.2) is 0 Å². The van der Waals surface area contributed by atoms with E-state index in [-0.39, 0.29) is 5.41 Å². The molecule has 16 rings (SSSR count). The van der Waals surface area contributed by atoms with Gasteiger partial charge in [-0.25, -0.2) is 0 Å². The van der Waals surface area contributed by atoms with Crippen molar-refractivity contribution >= 4 is 60.2 Å². The fourth-order valence-corrected chi connectivity index (χ4v) is 14.2. The van der Waals surface area contributed by atoms with Crippen LogP contribution >= 0.6 is 0 Å². The molecule has 0 saturated heterocycles. The van der Waals surface area contributed by atoms with Gasteiger partial charge < -0.3 is 4.90 Å². The number of hydrogen-bond acceptors (Lipinski definition) is 1. The third kappa shape index (κ3) is 5.78. The highest BCUT2D eigenvalue weighted by molar-refractivity contribution is 6.26. The van der Waals surface area contributed by atoms with Crippen molar-refractivity contribution in [1.82, 2.24) is 0 Å². The molecule has 0 aliphatic heterocycles. The first-order valence-electron chi connectivity index (χ1n) is 26.4. The van der Waals surface area contributed by atoms with Crippen LogP contribution in [0.15, 0.2) is 261 Å². The number of rotatable bonds is 5. The smallest absolute Gasteiger partial charge is 0.0726 e. The third-order valence-electron chi connectivity index (χ3n) is 17.4. The topological polar surface area (TPSA) is 3.24 Å². The lowest BCUT2D eigenvalue weighted by Crippen LogP contribution is -2.26. The second kappa shape index (κ2) is 15.6. The summed E-state index contributed by atoms with van der Waals surface area (Å²) >= 11 is 0. The van der Waals surface area contributed by atoms with Crippen LogP contribution in [-0.2, 0) is 10.8 Å². The number of anilines is 3. The first-order chi connectivity index (χ1) is 37.0. The average Bonchev–Trinajstić information content (AvgIpc) is 4.24. The molecule has 0 heterocycles. The van der Waals surface area contributed by atoms with Gasteiger partial charge in [0.2, 0.25) is 0 Å². The first kappa shape index (κ1) is 42.2. The molecule has 0 N–H and O–H groups in total. The predicted molar refractivity (Wildman–Crippen MR) is 316 cm³/mol. The van der Waals surface area contributed by atoms with E-state index in [2.05, 4.69) is 280 Å². The van der Waals surface area contributed by atoms with Gasteiger partial charge in [0.15, 0.2) is 0 Å². The van der Waals surface area contributed by atoms with E-state index >= 15 is 0 Å². The molecule has 0 radical (unpaired) electrons. The van der Waals surface area contributed by atoms with Crippen molar-refractivity contribution in [1.29, 1.82) is 0 Å². The molecule has 0 bridgehead atoms. The normalized spacial score (nSPS) is 13.9. The van der Waals surface area contributed by atoms with Gasteiger partial charge in [0.25, 0.3) is 0 Å². The minimum Gasteiger partial charge on any atom is -0.310 e. The lowest BCUT2D eigenvalue weighted by molar-refractivity contribution is 0.661. The summed E-state index contributed by atoms with van der Waals surface area (Å²) in [5, 5.41) is 10.1. The summed E-state index contributed by atoms with van der Waals surface area (Å²) < 4.78 is 0. The van der Waals surface area contributed by atoms with Crippen molar-refractivity contribution in [3.05, 3.63) is 294 Å². The van der Waals surface area contributed by atoms with Gasteiger partial charge in [-0.15, -0.1) is 0 Å². The van der Waals surface area contributed by atoms with E-state index in [1.807, 2.05) is 0 Å². The SMILES string of the molecule is CC1(C)c2ccccc2-c2cccc(N(c3ccc4c5ccccc5c5ccccc5c4c3)c3cc4c(cc3-c3ccc(-c5ccc6ccccc6c5)cc3)-c3ccccc3C43c4ccccc4-c4ccccc43)c21. The maximum atomic E-state index is 2.65. The zero-order valence-electron chi connectivity index (χ0n) is 41.8. The highest BCUT2D eigenvalue weighted by atomic mass is 15.1. The average molecular weight is 952 g/mol. The molecule has 0 amide bonds. The van der Waals surface area contributed by atoms with Crippen LogP contribution in [0.4, 0.5) is 17.1 Å². The fourth-order valence-electron chi connectivity index (χ4n) is 14.2. The zero-order chi connectivity index (χ0) is 49.6. The first-order valence-corrected chi connectivity index (χ1v) is 26.4. The number of hydrogen-bond donors (Lipinski definition) is 0. The fraction of sp³-hybridized carbons (Fsp3) is 0.0541. The Labute approximate surface area is 437 Å². The van der Waals surface area contributed by atoms with E-state index in [0.29, 0.717) is 0 Å². The molecule has 75 heavy (non-hydrogen) atoms. The molecule has 1 spiro atoms. The van der Waals surface area contributed by atoms with E-state index < -0.39 is 5.41 Å². The molecule has 0 atom stereocenters. The van der Waals surface area contributed by atoms with Crippen LogP contribution in [0.1, 0.15) is 47.2 Å². The van der Waals surface area contributed by atoms with Crippen molar-refractivity contribution in [2.75, 3.05) is 4.90 Å². The molecule has 0 unspecified atom stereocenters. The molecule has 350 valence electrons. The monoisotopic (exact) mass is 951 g/mol. The number of benzene rings is 13. The van der Waals surface area contributed by atoms with E-state index in [1.165, 1.54) is 138 Å². The molecule has 1 heteroatoms. The summed E-state index contributed by atoms with van der Waals surface area (Å²) in [6, 6.07) is 98.8. The van der Waals surface area contributed by atoms with Crippen LogP contribution < -0.4 is 4.90 Å². The minimum atomic E-state index is -0.537. The Morgan fingerprint density at radius 1 is 0.267 bits per heavy atom. The zero-order valence-corrected chi connectivity index (χ0v) is 41.8. The van der Waals surface area contributed by atoms with Gasteiger partial charge in [-0.2, -0.15) is 0 Å². The second-order valence-electron chi connectivity index (χ2n) is 21.5. The quantitative estimate of drug-likeness (QED) is 0.155. The molecule has 13 aromatic rings. The minimum absolute atomic E-state index is 0.292. The van der Waals surface area contributed by atoms with Gasteiger partial charge in [-0.05, 0) is 163 Å². The Hall–Kier alpha value is -9.30. The van der Waals surface area contributed by atoms with Crippen LogP contribution in [0.25, 0.3) is 98.7 Å². The van der Waals surface area contributed by atoms with Gasteiger partial charge >= 0.3 is 0 Å². The van der Waals surface area contributed by atoms with E-state index in [9.17, 15) is 0 Å². The Kier molecular flexibility index (Phi) is 8.79. The molecular formula is C74H49N. The Balaban J connectivity index is 1.03. The standard InChI is InChI=1S/C74H49N/c1-73(2)65-29-13-9-26-59(65)61-28-17-33-70(72(61)73)75(51-40-41-56-54-22-6-5-20-52(54)53-21-7-8-23-55(53)63(56)43-51)71-45-69-64(44-62(71)48-37-34-47(35-38-48)50-39-36-46-18-3-4-19-49(46)42-50)60-27-12-16-32-68(60)74(69)66-30-14-10-24-57(66)58-25-11-15-31-67(58)74/h3-45H,1-2H3. The molecule has 13 aromatic carbocycles. The van der Waals surface area contributed by atoms with Crippen LogP contribution in [0.2, 0.25) is 0 Å². The summed E-state index contributed by atoms with van der Waals surface area (Å²) in [7, 11) is 0. The molecule has 0 saturated carbocycles. The highest BCUT2D eigenvalue weighted by Gasteiger charge is 2.52. The molecule has 1 nitrogen and oxygen atoms in total. The van der Waals surface area contributed by atoms with E-state index in [4.69, 9.17) is 0 Å². The van der Waals surface area contributed by atoms with E-state index in [1.54, 1.807) is 0 Å². The predicted octanol–water partition coefficient (Wildman–Crippen LogP) is 19.8. The van der Waals surface area contributed by atoms with Gasteiger partial charge in [0.05, 0.1) is 16.8 Å². The van der Waals surface area contributed by atoms with Crippen molar-refractivity contribution in [3.63, 3.8) is 0 Å². The van der Waals surface area contributed by atoms with Crippen molar-refractivity contribution in [2.24, 2.45) is 0 Å². The Morgan fingerprint density at radius 3 is 1.39 bits per heavy atom. The van der Waals surface area contributed by atoms with Crippen molar-refractivity contribution < 1.29 is 0 Å². The third-order valence-corrected chi connectivity index (χ3v) is 17.4. The van der Waals surface area contributed by atoms with Crippen molar-refractivity contribution in [3.8, 4) is 55.6 Å². The van der Waals surface area contributed by atoms with Gasteiger partial charge in [-0.1, -0.05) is 238 Å². The molecule has 3 aliphatic carbocycles. The summed E-state index contributed by atoms with van der Waals surface area (Å²) in [6.07, 6.45) is 0. The lowest BCUT2D eigenvalue weighted by Gasteiger charge is -2.35. The highest BCUT2D eigenvalue weighted by Crippen LogP contribution is 2.65. The maximum absolute atomic E-state index is 2.65. The van der Waals surface area contributed by atoms with Gasteiger partial charge in [0, 0.05) is 16.7 Å². The van der Waals surface area contributed by atoms with Crippen LogP contribution in [0.5, 0.6) is 0 Å².